The maximum atomic E-state index is 12.3. The van der Waals surface area contributed by atoms with Gasteiger partial charge in [-0.2, -0.15) is 0 Å². The molecule has 0 spiro atoms. The van der Waals surface area contributed by atoms with Gasteiger partial charge in [-0.15, -0.1) is 0 Å². The zero-order valence-electron chi connectivity index (χ0n) is 12.1. The molecule has 3 aliphatic rings. The van der Waals surface area contributed by atoms with Gasteiger partial charge in [-0.1, -0.05) is 13.8 Å². The van der Waals surface area contributed by atoms with Crippen molar-refractivity contribution in [1.29, 1.82) is 0 Å². The summed E-state index contributed by atoms with van der Waals surface area (Å²) in [6, 6.07) is 0. The first-order chi connectivity index (χ1) is 8.93. The van der Waals surface area contributed by atoms with E-state index in [1.165, 1.54) is 0 Å². The van der Waals surface area contributed by atoms with Crippen LogP contribution < -0.4 is 0 Å². The second-order valence-electron chi connectivity index (χ2n) is 7.38. The SMILES string of the molecule is [CH]C[C@@]1(C)C(=O)CC[C@@H]2[C@@H]1CC[C@]1(C)C(=O)CC[C@@H]21. The van der Waals surface area contributed by atoms with Crippen LogP contribution in [0.3, 0.4) is 0 Å². The van der Waals surface area contributed by atoms with E-state index in [1.807, 2.05) is 0 Å². The smallest absolute Gasteiger partial charge is 0.139 e. The molecule has 5 atom stereocenters. The van der Waals surface area contributed by atoms with Crippen LogP contribution in [-0.2, 0) is 9.59 Å². The normalized spacial score (nSPS) is 49.9. The quantitative estimate of drug-likeness (QED) is 0.723. The van der Waals surface area contributed by atoms with Gasteiger partial charge < -0.3 is 0 Å². The summed E-state index contributed by atoms with van der Waals surface area (Å²) in [5.74, 6) is 2.25. The minimum absolute atomic E-state index is 0.100. The Morgan fingerprint density at radius 2 is 1.74 bits per heavy atom. The number of carbonyl (C=O) groups excluding carboxylic acids is 2. The van der Waals surface area contributed by atoms with Gasteiger partial charge in [0.2, 0.25) is 0 Å². The Morgan fingerprint density at radius 3 is 2.42 bits per heavy atom. The Morgan fingerprint density at radius 1 is 1.05 bits per heavy atom. The molecule has 19 heavy (non-hydrogen) atoms. The van der Waals surface area contributed by atoms with E-state index in [0.717, 1.165) is 32.1 Å². The fraction of sp³-hybridized carbons (Fsp3) is 0.824. The zero-order valence-corrected chi connectivity index (χ0v) is 12.1. The first-order valence-corrected chi connectivity index (χ1v) is 7.70. The van der Waals surface area contributed by atoms with Crippen LogP contribution in [0.5, 0.6) is 0 Å². The molecule has 0 aliphatic heterocycles. The summed E-state index contributed by atoms with van der Waals surface area (Å²) in [7, 11) is 0. The van der Waals surface area contributed by atoms with Gasteiger partial charge in [0.15, 0.2) is 0 Å². The summed E-state index contributed by atoms with van der Waals surface area (Å²) in [6.45, 7) is 10.2. The van der Waals surface area contributed by atoms with E-state index in [0.29, 0.717) is 42.2 Å². The Balaban J connectivity index is 1.95. The van der Waals surface area contributed by atoms with Gasteiger partial charge in [0, 0.05) is 23.7 Å². The second-order valence-corrected chi connectivity index (χ2v) is 7.38. The highest BCUT2D eigenvalue weighted by atomic mass is 16.1. The number of carbonyl (C=O) groups is 2. The molecule has 3 rings (SSSR count). The van der Waals surface area contributed by atoms with Gasteiger partial charge in [-0.25, -0.2) is 0 Å². The predicted octanol–water partition coefficient (Wildman–Crippen LogP) is 3.47. The molecule has 3 saturated carbocycles. The summed E-state index contributed by atoms with van der Waals surface area (Å²) >= 11 is 0. The Hall–Kier alpha value is -0.660. The van der Waals surface area contributed by atoms with Crippen LogP contribution in [-0.4, -0.2) is 11.6 Å². The molecule has 3 aliphatic carbocycles. The highest BCUT2D eigenvalue weighted by Gasteiger charge is 2.59. The molecule has 2 radical (unpaired) electrons. The summed E-state index contributed by atoms with van der Waals surface area (Å²) in [5.41, 5.74) is -0.438. The van der Waals surface area contributed by atoms with Gasteiger partial charge >= 0.3 is 0 Å². The van der Waals surface area contributed by atoms with E-state index < -0.39 is 0 Å². The number of rotatable bonds is 1. The molecule has 0 aromatic carbocycles. The fourth-order valence-electron chi connectivity index (χ4n) is 5.31. The zero-order chi connectivity index (χ0) is 13.8. The molecule has 0 N–H and O–H groups in total. The summed E-state index contributed by atoms with van der Waals surface area (Å²) in [5, 5.41) is 0. The lowest BCUT2D eigenvalue weighted by molar-refractivity contribution is -0.146. The van der Waals surface area contributed by atoms with Crippen molar-refractivity contribution in [2.75, 3.05) is 0 Å². The molecule has 2 heteroatoms. The lowest BCUT2D eigenvalue weighted by atomic mass is 9.49. The average Bonchev–Trinajstić information content (AvgIpc) is 2.70. The third-order valence-electron chi connectivity index (χ3n) is 6.73. The minimum Gasteiger partial charge on any atom is -0.299 e. The second kappa shape index (κ2) is 4.17. The van der Waals surface area contributed by atoms with Crippen LogP contribution in [0.4, 0.5) is 0 Å². The van der Waals surface area contributed by atoms with Crippen LogP contribution in [0, 0.1) is 35.5 Å². The van der Waals surface area contributed by atoms with Crippen molar-refractivity contribution < 1.29 is 9.59 Å². The van der Waals surface area contributed by atoms with Gasteiger partial charge in [0.25, 0.3) is 0 Å². The monoisotopic (exact) mass is 260 g/mol. The van der Waals surface area contributed by atoms with Crippen LogP contribution in [0.15, 0.2) is 0 Å². The van der Waals surface area contributed by atoms with E-state index in [4.69, 9.17) is 6.92 Å². The number of fused-ring (bicyclic) bond motifs is 3. The number of hydrogen-bond acceptors (Lipinski definition) is 2. The molecular weight excluding hydrogens is 236 g/mol. The maximum Gasteiger partial charge on any atom is 0.139 e. The molecule has 2 nitrogen and oxygen atoms in total. The molecule has 0 amide bonds. The summed E-state index contributed by atoms with van der Waals surface area (Å²) in [4.78, 5) is 24.5. The molecule has 104 valence electrons. The highest BCUT2D eigenvalue weighted by molar-refractivity contribution is 5.88. The number of hydrogen-bond donors (Lipinski definition) is 0. The maximum absolute atomic E-state index is 12.3. The van der Waals surface area contributed by atoms with E-state index >= 15 is 0 Å². The molecule has 0 bridgehead atoms. The van der Waals surface area contributed by atoms with E-state index in [1.54, 1.807) is 0 Å². The third-order valence-corrected chi connectivity index (χ3v) is 6.73. The van der Waals surface area contributed by atoms with Crippen molar-refractivity contribution in [3.8, 4) is 0 Å². The van der Waals surface area contributed by atoms with Gasteiger partial charge in [0.1, 0.15) is 11.6 Å². The van der Waals surface area contributed by atoms with Crippen LogP contribution in [0.25, 0.3) is 0 Å². The molecule has 3 fully saturated rings. The number of Topliss-reactive ketones (excluding diaryl/α,β-unsaturated/α-hetero) is 2. The van der Waals surface area contributed by atoms with E-state index in [9.17, 15) is 9.59 Å². The molecule has 0 aromatic heterocycles. The van der Waals surface area contributed by atoms with E-state index in [2.05, 4.69) is 13.8 Å². The predicted molar refractivity (Wildman–Crippen MR) is 73.3 cm³/mol. The van der Waals surface area contributed by atoms with Gasteiger partial charge in [-0.3, -0.25) is 9.59 Å². The Kier molecular flexibility index (Phi) is 2.92. The van der Waals surface area contributed by atoms with Crippen molar-refractivity contribution in [2.24, 2.45) is 28.6 Å². The molecule has 0 aromatic rings. The molecule has 0 saturated heterocycles. The molecular formula is C17H24O2. The Labute approximate surface area is 116 Å². The number of ketones is 2. The Bertz CT molecular complexity index is 427. The molecule has 0 unspecified atom stereocenters. The minimum atomic E-state index is -0.337. The lowest BCUT2D eigenvalue weighted by Crippen LogP contribution is -2.52. The van der Waals surface area contributed by atoms with Gasteiger partial charge in [-0.05, 0) is 56.8 Å². The summed E-state index contributed by atoms with van der Waals surface area (Å²) < 4.78 is 0. The van der Waals surface area contributed by atoms with Gasteiger partial charge in [0.05, 0.1) is 0 Å². The largest absolute Gasteiger partial charge is 0.299 e. The highest BCUT2D eigenvalue weighted by Crippen LogP contribution is 2.61. The summed E-state index contributed by atoms with van der Waals surface area (Å²) in [6.07, 6.45) is 5.85. The van der Waals surface area contributed by atoms with Crippen molar-refractivity contribution in [3.05, 3.63) is 6.92 Å². The topological polar surface area (TPSA) is 34.1 Å². The van der Waals surface area contributed by atoms with Crippen molar-refractivity contribution in [2.45, 2.75) is 58.8 Å². The van der Waals surface area contributed by atoms with E-state index in [-0.39, 0.29) is 10.8 Å². The third kappa shape index (κ3) is 1.61. The van der Waals surface area contributed by atoms with Crippen LogP contribution >= 0.6 is 0 Å². The van der Waals surface area contributed by atoms with Crippen molar-refractivity contribution in [1.82, 2.24) is 0 Å². The van der Waals surface area contributed by atoms with Crippen molar-refractivity contribution >= 4 is 11.6 Å². The molecule has 0 heterocycles. The lowest BCUT2D eigenvalue weighted by Gasteiger charge is -2.53. The van der Waals surface area contributed by atoms with Crippen LogP contribution in [0.2, 0.25) is 0 Å². The van der Waals surface area contributed by atoms with Crippen LogP contribution in [0.1, 0.15) is 58.8 Å². The first kappa shape index (κ1) is 13.3. The van der Waals surface area contributed by atoms with Crippen molar-refractivity contribution in [3.63, 3.8) is 0 Å². The first-order valence-electron chi connectivity index (χ1n) is 7.70. The standard InChI is InChI=1S/C17H24O2/c1-4-16(2)13-9-10-17(3)12(6-8-15(17)19)11(13)5-7-14(16)18/h1,11-13H,4-10H2,2-3H3/t11-,12-,13-,16+,17-/m0/s1. The average molecular weight is 260 g/mol. The fourth-order valence-corrected chi connectivity index (χ4v) is 5.31.